The van der Waals surface area contributed by atoms with E-state index < -0.39 is 11.8 Å². The van der Waals surface area contributed by atoms with Crippen molar-refractivity contribution in [3.05, 3.63) is 44.9 Å². The minimum atomic E-state index is -1.01. The number of benzene rings is 1. The van der Waals surface area contributed by atoms with Crippen LogP contribution in [0.1, 0.15) is 15.2 Å². The highest BCUT2D eigenvalue weighted by atomic mass is 35.5. The van der Waals surface area contributed by atoms with E-state index in [2.05, 4.69) is 0 Å². The van der Waals surface area contributed by atoms with Crippen LogP contribution in [-0.4, -0.2) is 11.1 Å². The molecule has 0 spiro atoms. The fourth-order valence-corrected chi connectivity index (χ4v) is 2.55. The van der Waals surface area contributed by atoms with E-state index in [4.69, 9.17) is 16.7 Å². The lowest BCUT2D eigenvalue weighted by Gasteiger charge is -2.06. The predicted octanol–water partition coefficient (Wildman–Crippen LogP) is 4.21. The lowest BCUT2D eigenvalue weighted by Crippen LogP contribution is -1.95. The summed E-state index contributed by atoms with van der Waals surface area (Å²) in [5.74, 6) is -1.40. The molecule has 0 aliphatic heterocycles. The van der Waals surface area contributed by atoms with Gasteiger partial charge in [-0.3, -0.25) is 0 Å². The lowest BCUT2D eigenvalue weighted by atomic mass is 10.0. The maximum atomic E-state index is 13.3. The fourth-order valence-electron chi connectivity index (χ4n) is 1.55. The number of aromatic carboxylic acids is 1. The molecule has 1 aromatic carbocycles. The van der Waals surface area contributed by atoms with Gasteiger partial charge < -0.3 is 5.11 Å². The molecule has 0 atom stereocenters. The van der Waals surface area contributed by atoms with E-state index in [-0.39, 0.29) is 9.90 Å². The van der Waals surface area contributed by atoms with Crippen LogP contribution in [0.3, 0.4) is 0 Å². The molecule has 5 heteroatoms. The Labute approximate surface area is 106 Å². The third-order valence-electron chi connectivity index (χ3n) is 2.40. The molecule has 0 fully saturated rings. The molecule has 0 saturated heterocycles. The summed E-state index contributed by atoms with van der Waals surface area (Å²) in [7, 11) is 0. The van der Waals surface area contributed by atoms with Gasteiger partial charge in [0.05, 0.1) is 5.02 Å². The maximum absolute atomic E-state index is 13.3. The smallest absolute Gasteiger partial charge is 0.346 e. The van der Waals surface area contributed by atoms with Crippen LogP contribution in [0.2, 0.25) is 5.02 Å². The maximum Gasteiger partial charge on any atom is 0.346 e. The van der Waals surface area contributed by atoms with Gasteiger partial charge >= 0.3 is 5.97 Å². The van der Waals surface area contributed by atoms with Crippen molar-refractivity contribution >= 4 is 28.9 Å². The number of carboxylic acid groups (broad SMARTS) is 1. The second kappa shape index (κ2) is 4.47. The Morgan fingerprint density at radius 3 is 2.76 bits per heavy atom. The van der Waals surface area contributed by atoms with Gasteiger partial charge in [0.1, 0.15) is 10.7 Å². The highest BCUT2D eigenvalue weighted by Crippen LogP contribution is 2.34. The lowest BCUT2D eigenvalue weighted by molar-refractivity contribution is 0.0703. The Bertz CT molecular complexity index is 592. The summed E-state index contributed by atoms with van der Waals surface area (Å²) in [6.07, 6.45) is 0. The third-order valence-corrected chi connectivity index (χ3v) is 3.61. The summed E-state index contributed by atoms with van der Waals surface area (Å²) in [5, 5.41) is 10.9. The van der Waals surface area contributed by atoms with E-state index >= 15 is 0 Å². The first-order valence-electron chi connectivity index (χ1n) is 4.77. The van der Waals surface area contributed by atoms with Gasteiger partial charge in [-0.1, -0.05) is 11.6 Å². The van der Waals surface area contributed by atoms with Gasteiger partial charge in [0.15, 0.2) is 0 Å². The van der Waals surface area contributed by atoms with Gasteiger partial charge in [-0.15, -0.1) is 11.3 Å². The summed E-state index contributed by atoms with van der Waals surface area (Å²) in [6, 6.07) is 4.44. The standard InChI is InChI=1S/C12H8ClFO2S/c1-6-4-8(9(13)5-10(6)14)7-2-3-17-11(7)12(15)16/h2-5H,1H3,(H,15,16). The molecule has 0 bridgehead atoms. The van der Waals surface area contributed by atoms with Gasteiger partial charge in [0.2, 0.25) is 0 Å². The van der Waals surface area contributed by atoms with E-state index in [1.807, 2.05) is 0 Å². The molecule has 17 heavy (non-hydrogen) atoms. The Hall–Kier alpha value is -1.39. The quantitative estimate of drug-likeness (QED) is 0.887. The number of carboxylic acids is 1. The van der Waals surface area contributed by atoms with Crippen LogP contribution in [-0.2, 0) is 0 Å². The van der Waals surface area contributed by atoms with Crippen LogP contribution >= 0.6 is 22.9 Å². The third kappa shape index (κ3) is 2.18. The van der Waals surface area contributed by atoms with Crippen LogP contribution in [0, 0.1) is 12.7 Å². The van der Waals surface area contributed by atoms with Crippen molar-refractivity contribution in [1.29, 1.82) is 0 Å². The monoisotopic (exact) mass is 270 g/mol. The molecule has 2 rings (SSSR count). The van der Waals surface area contributed by atoms with Crippen molar-refractivity contribution in [1.82, 2.24) is 0 Å². The molecule has 1 aromatic heterocycles. The van der Waals surface area contributed by atoms with Gasteiger partial charge in [0, 0.05) is 11.1 Å². The zero-order valence-corrected chi connectivity index (χ0v) is 10.4. The zero-order valence-electron chi connectivity index (χ0n) is 8.83. The van der Waals surface area contributed by atoms with E-state index in [9.17, 15) is 9.18 Å². The van der Waals surface area contributed by atoms with Crippen molar-refractivity contribution in [2.45, 2.75) is 6.92 Å². The summed E-state index contributed by atoms with van der Waals surface area (Å²) in [6.45, 7) is 1.61. The highest BCUT2D eigenvalue weighted by Gasteiger charge is 2.16. The second-order valence-electron chi connectivity index (χ2n) is 3.55. The van der Waals surface area contributed by atoms with Crippen molar-refractivity contribution in [2.75, 3.05) is 0 Å². The number of hydrogen-bond acceptors (Lipinski definition) is 2. The Kier molecular flexibility index (Phi) is 3.17. The van der Waals surface area contributed by atoms with Crippen LogP contribution in [0.4, 0.5) is 4.39 Å². The number of halogens is 2. The number of carbonyl (C=O) groups is 1. The minimum Gasteiger partial charge on any atom is -0.477 e. The first-order valence-corrected chi connectivity index (χ1v) is 6.03. The Balaban J connectivity index is 2.64. The zero-order chi connectivity index (χ0) is 12.6. The molecular formula is C12H8ClFO2S. The molecule has 0 unspecified atom stereocenters. The Morgan fingerprint density at radius 1 is 1.41 bits per heavy atom. The summed E-state index contributed by atoms with van der Waals surface area (Å²) >= 11 is 7.06. The Morgan fingerprint density at radius 2 is 2.12 bits per heavy atom. The summed E-state index contributed by atoms with van der Waals surface area (Å²) < 4.78 is 13.3. The van der Waals surface area contributed by atoms with Crippen LogP contribution in [0.15, 0.2) is 23.6 Å². The molecule has 0 radical (unpaired) electrons. The van der Waals surface area contributed by atoms with Gasteiger partial charge in [-0.05, 0) is 36.1 Å². The van der Waals surface area contributed by atoms with Crippen molar-refractivity contribution in [2.24, 2.45) is 0 Å². The van der Waals surface area contributed by atoms with Crippen molar-refractivity contribution in [3.8, 4) is 11.1 Å². The van der Waals surface area contributed by atoms with Crippen molar-refractivity contribution < 1.29 is 14.3 Å². The van der Waals surface area contributed by atoms with Gasteiger partial charge in [0.25, 0.3) is 0 Å². The molecule has 0 aliphatic rings. The van der Waals surface area contributed by atoms with Crippen LogP contribution in [0.5, 0.6) is 0 Å². The van der Waals surface area contributed by atoms with Crippen LogP contribution < -0.4 is 0 Å². The molecule has 88 valence electrons. The molecule has 2 aromatic rings. The predicted molar refractivity (Wildman–Crippen MR) is 66.4 cm³/mol. The average molecular weight is 271 g/mol. The number of hydrogen-bond donors (Lipinski definition) is 1. The van der Waals surface area contributed by atoms with E-state index in [0.29, 0.717) is 16.7 Å². The first-order chi connectivity index (χ1) is 8.00. The average Bonchev–Trinajstić information content (AvgIpc) is 2.72. The van der Waals surface area contributed by atoms with E-state index in [1.54, 1.807) is 24.4 Å². The normalized spacial score (nSPS) is 10.5. The van der Waals surface area contributed by atoms with Crippen LogP contribution in [0.25, 0.3) is 11.1 Å². The largest absolute Gasteiger partial charge is 0.477 e. The summed E-state index contributed by atoms with van der Waals surface area (Å²) in [5.41, 5.74) is 1.51. The SMILES string of the molecule is Cc1cc(-c2ccsc2C(=O)O)c(Cl)cc1F. The number of thiophene rings is 1. The molecule has 0 aliphatic carbocycles. The van der Waals surface area contributed by atoms with E-state index in [0.717, 1.165) is 11.3 Å². The first kappa shape index (κ1) is 12.1. The fraction of sp³-hybridized carbons (Fsp3) is 0.0833. The topological polar surface area (TPSA) is 37.3 Å². The molecular weight excluding hydrogens is 263 g/mol. The summed E-state index contributed by atoms with van der Waals surface area (Å²) in [4.78, 5) is 11.2. The molecule has 1 heterocycles. The molecule has 0 saturated carbocycles. The van der Waals surface area contributed by atoms with Crippen molar-refractivity contribution in [3.63, 3.8) is 0 Å². The molecule has 1 N–H and O–H groups in total. The van der Waals surface area contributed by atoms with Gasteiger partial charge in [-0.25, -0.2) is 9.18 Å². The molecule has 2 nitrogen and oxygen atoms in total. The number of rotatable bonds is 2. The highest BCUT2D eigenvalue weighted by molar-refractivity contribution is 7.12. The minimum absolute atomic E-state index is 0.206. The molecule has 0 amide bonds. The van der Waals surface area contributed by atoms with Gasteiger partial charge in [-0.2, -0.15) is 0 Å². The van der Waals surface area contributed by atoms with E-state index in [1.165, 1.54) is 6.07 Å². The number of aryl methyl sites for hydroxylation is 1. The second-order valence-corrected chi connectivity index (χ2v) is 4.87.